The summed E-state index contributed by atoms with van der Waals surface area (Å²) in [4.78, 5) is 0. The first kappa shape index (κ1) is 29.2. The molecule has 34 heavy (non-hydrogen) atoms. The Morgan fingerprint density at radius 1 is 0.824 bits per heavy atom. The number of aliphatic hydroxyl groups excluding tert-OH is 2. The molecule has 0 aliphatic heterocycles. The van der Waals surface area contributed by atoms with Gasteiger partial charge in [-0.1, -0.05) is 66.2 Å². The third kappa shape index (κ3) is 7.71. The van der Waals surface area contributed by atoms with E-state index in [1.54, 1.807) is 24.3 Å². The molecule has 0 heterocycles. The molecule has 0 aliphatic carbocycles. The second-order valence-corrected chi connectivity index (χ2v) is 9.90. The summed E-state index contributed by atoms with van der Waals surface area (Å²) in [6.07, 6.45) is 3.37. The lowest BCUT2D eigenvalue weighted by molar-refractivity contribution is 0.0229. The number of rotatable bonds is 12. The standard InChI is InChI=1S/C24H25Cl5O5/c1-4-5-32-11-17(31)13-34-23-20(28)8-15(9-21(23)29)24(2,3)14-6-18(26)22(19(27)7-14)33-12-16(30)10-25/h1,6-9,16-17,30-31H,5,10-13H2,2-3H3/t16-,17+/m1/s1. The molecule has 0 radical (unpaired) electrons. The Kier molecular flexibility index (Phi) is 11.4. The lowest BCUT2D eigenvalue weighted by Gasteiger charge is -2.28. The smallest absolute Gasteiger partial charge is 0.156 e. The highest BCUT2D eigenvalue weighted by Gasteiger charge is 2.28. The maximum atomic E-state index is 9.95. The molecule has 0 aromatic heterocycles. The minimum atomic E-state index is -0.896. The highest BCUT2D eigenvalue weighted by molar-refractivity contribution is 6.38. The van der Waals surface area contributed by atoms with Gasteiger partial charge < -0.3 is 24.4 Å². The van der Waals surface area contributed by atoms with E-state index in [9.17, 15) is 10.2 Å². The van der Waals surface area contributed by atoms with Crippen molar-refractivity contribution in [1.29, 1.82) is 0 Å². The van der Waals surface area contributed by atoms with Crippen LogP contribution >= 0.6 is 58.0 Å². The molecule has 2 aromatic rings. The van der Waals surface area contributed by atoms with E-state index in [1.165, 1.54) is 0 Å². The Hall–Kier alpha value is -1.07. The number of ether oxygens (including phenoxy) is 3. The van der Waals surface area contributed by atoms with E-state index in [4.69, 9.17) is 78.6 Å². The molecule has 0 unspecified atom stereocenters. The Morgan fingerprint density at radius 2 is 1.24 bits per heavy atom. The number of alkyl halides is 1. The Labute approximate surface area is 224 Å². The first-order valence-electron chi connectivity index (χ1n) is 10.2. The van der Waals surface area contributed by atoms with Gasteiger partial charge in [-0.15, -0.1) is 18.0 Å². The number of terminal acetylenes is 1. The van der Waals surface area contributed by atoms with E-state index in [0.717, 1.165) is 11.1 Å². The summed E-state index contributed by atoms with van der Waals surface area (Å²) in [6.45, 7) is 3.93. The van der Waals surface area contributed by atoms with E-state index in [-0.39, 0.29) is 63.9 Å². The fourth-order valence-corrected chi connectivity index (χ4v) is 4.27. The van der Waals surface area contributed by atoms with Crippen LogP contribution in [-0.4, -0.2) is 54.7 Å². The topological polar surface area (TPSA) is 68.2 Å². The average Bonchev–Trinajstić information content (AvgIpc) is 2.77. The monoisotopic (exact) mass is 568 g/mol. The first-order chi connectivity index (χ1) is 16.0. The molecule has 0 saturated carbocycles. The number of halogens is 5. The molecule has 0 fully saturated rings. The molecule has 2 aromatic carbocycles. The van der Waals surface area contributed by atoms with E-state index in [0.29, 0.717) is 0 Å². The lowest BCUT2D eigenvalue weighted by atomic mass is 9.78. The summed E-state index contributed by atoms with van der Waals surface area (Å²) in [5.41, 5.74) is 0.969. The summed E-state index contributed by atoms with van der Waals surface area (Å²) in [7, 11) is 0. The molecule has 0 bridgehead atoms. The van der Waals surface area contributed by atoms with Gasteiger partial charge in [0, 0.05) is 5.41 Å². The van der Waals surface area contributed by atoms with Gasteiger partial charge in [0.1, 0.15) is 32.0 Å². The lowest BCUT2D eigenvalue weighted by Crippen LogP contribution is -2.24. The van der Waals surface area contributed by atoms with Crippen LogP contribution in [0.25, 0.3) is 0 Å². The van der Waals surface area contributed by atoms with Crippen molar-refractivity contribution in [3.05, 3.63) is 55.5 Å². The number of aliphatic hydroxyl groups is 2. The Bertz CT molecular complexity index is 975. The van der Waals surface area contributed by atoms with Crippen molar-refractivity contribution in [2.75, 3.05) is 32.3 Å². The van der Waals surface area contributed by atoms with Gasteiger partial charge in [0.15, 0.2) is 11.5 Å². The van der Waals surface area contributed by atoms with Crippen molar-refractivity contribution in [3.8, 4) is 23.8 Å². The van der Waals surface area contributed by atoms with Crippen LogP contribution in [0.3, 0.4) is 0 Å². The number of benzene rings is 2. The van der Waals surface area contributed by atoms with Crippen molar-refractivity contribution in [2.45, 2.75) is 31.5 Å². The van der Waals surface area contributed by atoms with Crippen LogP contribution in [0, 0.1) is 12.3 Å². The van der Waals surface area contributed by atoms with Crippen molar-refractivity contribution in [2.24, 2.45) is 0 Å². The normalized spacial score (nSPS) is 13.3. The molecule has 186 valence electrons. The van der Waals surface area contributed by atoms with Crippen molar-refractivity contribution < 1.29 is 24.4 Å². The van der Waals surface area contributed by atoms with Crippen LogP contribution in [0.1, 0.15) is 25.0 Å². The highest BCUT2D eigenvalue weighted by atomic mass is 35.5. The first-order valence-corrected chi connectivity index (χ1v) is 12.2. The second kappa shape index (κ2) is 13.3. The minimum Gasteiger partial charge on any atom is -0.488 e. The molecule has 0 amide bonds. The van der Waals surface area contributed by atoms with Crippen molar-refractivity contribution in [3.63, 3.8) is 0 Å². The SMILES string of the molecule is C#CCOC[C@H](O)COc1c(Cl)cc(C(C)(C)c2cc(Cl)c(OC[C@H](O)CCl)c(Cl)c2)cc1Cl. The van der Waals surface area contributed by atoms with Gasteiger partial charge in [0.2, 0.25) is 0 Å². The zero-order valence-corrected chi connectivity index (χ0v) is 22.4. The third-order valence-electron chi connectivity index (χ3n) is 4.95. The van der Waals surface area contributed by atoms with Crippen LogP contribution in [-0.2, 0) is 10.2 Å². The minimum absolute atomic E-state index is 0.0244. The predicted molar refractivity (Wildman–Crippen MR) is 138 cm³/mol. The van der Waals surface area contributed by atoms with Gasteiger partial charge in [-0.25, -0.2) is 0 Å². The van der Waals surface area contributed by atoms with Crippen molar-refractivity contribution >= 4 is 58.0 Å². The molecule has 10 heteroatoms. The van der Waals surface area contributed by atoms with E-state index < -0.39 is 17.6 Å². The predicted octanol–water partition coefficient (Wildman–Crippen LogP) is 5.99. The van der Waals surface area contributed by atoms with Gasteiger partial charge in [0.05, 0.1) is 32.6 Å². The molecule has 2 atom stereocenters. The summed E-state index contributed by atoms with van der Waals surface area (Å²) >= 11 is 31.3. The zero-order valence-electron chi connectivity index (χ0n) is 18.6. The van der Waals surface area contributed by atoms with Crippen LogP contribution < -0.4 is 9.47 Å². The molecular weight excluding hydrogens is 546 g/mol. The number of hydrogen-bond acceptors (Lipinski definition) is 5. The number of hydrogen-bond donors (Lipinski definition) is 2. The quantitative estimate of drug-likeness (QED) is 0.186. The summed E-state index contributed by atoms with van der Waals surface area (Å²) in [6, 6.07) is 6.92. The maximum absolute atomic E-state index is 9.95. The molecular formula is C24H25Cl5O5. The van der Waals surface area contributed by atoms with Crippen LogP contribution in [0.4, 0.5) is 0 Å². The summed E-state index contributed by atoms with van der Waals surface area (Å²) in [5, 5.41) is 20.7. The van der Waals surface area contributed by atoms with Gasteiger partial charge in [-0.05, 0) is 35.4 Å². The third-order valence-corrected chi connectivity index (χ3v) is 6.43. The molecule has 0 spiro atoms. The van der Waals surface area contributed by atoms with Crippen LogP contribution in [0.5, 0.6) is 11.5 Å². The van der Waals surface area contributed by atoms with Crippen LogP contribution in [0.2, 0.25) is 20.1 Å². The van der Waals surface area contributed by atoms with Crippen LogP contribution in [0.15, 0.2) is 24.3 Å². The van der Waals surface area contributed by atoms with E-state index in [2.05, 4.69) is 5.92 Å². The van der Waals surface area contributed by atoms with Crippen molar-refractivity contribution in [1.82, 2.24) is 0 Å². The average molecular weight is 571 g/mol. The largest absolute Gasteiger partial charge is 0.488 e. The molecule has 0 saturated heterocycles. The van der Waals surface area contributed by atoms with E-state index >= 15 is 0 Å². The summed E-state index contributed by atoms with van der Waals surface area (Å²) < 4.78 is 16.2. The molecule has 5 nitrogen and oxygen atoms in total. The van der Waals surface area contributed by atoms with Gasteiger partial charge in [-0.3, -0.25) is 0 Å². The van der Waals surface area contributed by atoms with Gasteiger partial charge >= 0.3 is 0 Å². The fraction of sp³-hybridized carbons (Fsp3) is 0.417. The highest BCUT2D eigenvalue weighted by Crippen LogP contribution is 2.43. The molecule has 0 aliphatic rings. The second-order valence-electron chi connectivity index (χ2n) is 7.97. The fourth-order valence-electron chi connectivity index (χ4n) is 2.99. The van der Waals surface area contributed by atoms with Gasteiger partial charge in [0.25, 0.3) is 0 Å². The Balaban J connectivity index is 2.24. The summed E-state index contributed by atoms with van der Waals surface area (Å²) in [5.74, 6) is 2.85. The van der Waals surface area contributed by atoms with Gasteiger partial charge in [-0.2, -0.15) is 0 Å². The maximum Gasteiger partial charge on any atom is 0.156 e. The molecule has 2 N–H and O–H groups in total. The van der Waals surface area contributed by atoms with E-state index in [1.807, 2.05) is 13.8 Å². The zero-order chi connectivity index (χ0) is 25.5. The Morgan fingerprint density at radius 3 is 1.62 bits per heavy atom. The molecule has 2 rings (SSSR count).